The summed E-state index contributed by atoms with van der Waals surface area (Å²) >= 11 is 0. The molecule has 12 atom stereocenters. The van der Waals surface area contributed by atoms with Gasteiger partial charge in [-0.25, -0.2) is 0 Å². The first-order chi connectivity index (χ1) is 18.0. The summed E-state index contributed by atoms with van der Waals surface area (Å²) in [6.45, 7) is 15.5. The average molecular weight is 557 g/mol. The number of cyclic esters (lactones) is 1. The van der Waals surface area contributed by atoms with E-state index in [1.54, 1.807) is 13.8 Å². The molecule has 1 saturated heterocycles. The van der Waals surface area contributed by atoms with Crippen molar-refractivity contribution in [2.45, 2.75) is 129 Å². The van der Waals surface area contributed by atoms with Crippen LogP contribution in [0.1, 0.15) is 74.7 Å². The number of aliphatic hydroxyl groups excluding tert-OH is 2. The third-order valence-corrected chi connectivity index (χ3v) is 8.99. The highest BCUT2D eigenvalue weighted by Gasteiger charge is 2.46. The maximum atomic E-state index is 13.2. The van der Waals surface area contributed by atoms with Gasteiger partial charge in [-0.15, -0.1) is 0 Å². The zero-order valence-corrected chi connectivity index (χ0v) is 26.1. The molecule has 0 radical (unpaired) electrons. The van der Waals surface area contributed by atoms with E-state index >= 15 is 0 Å². The minimum atomic E-state index is -1.67. The van der Waals surface area contributed by atoms with Gasteiger partial charge in [-0.1, -0.05) is 26.8 Å². The van der Waals surface area contributed by atoms with Crippen LogP contribution >= 0.6 is 0 Å². The normalized spacial score (nSPS) is 44.3. The van der Waals surface area contributed by atoms with Gasteiger partial charge in [-0.2, -0.15) is 0 Å². The summed E-state index contributed by atoms with van der Waals surface area (Å²) in [5.41, 5.74) is -0.722. The Balaban J connectivity index is 2.46. The molecule has 0 aliphatic carbocycles. The number of aliphatic hydroxyl groups is 3. The van der Waals surface area contributed by atoms with Gasteiger partial charge in [0.15, 0.2) is 6.29 Å². The molecule has 9 nitrogen and oxygen atoms in total. The molecular weight excluding hydrogens is 500 g/mol. The number of hydrogen-bond acceptors (Lipinski definition) is 9. The van der Waals surface area contributed by atoms with Crippen LogP contribution in [0.2, 0.25) is 0 Å². The highest BCUT2D eigenvalue weighted by atomic mass is 16.7. The van der Waals surface area contributed by atoms with Crippen molar-refractivity contribution in [3.05, 3.63) is 11.6 Å². The van der Waals surface area contributed by atoms with Crippen molar-refractivity contribution in [3.63, 3.8) is 0 Å². The van der Waals surface area contributed by atoms with E-state index in [1.165, 1.54) is 6.92 Å². The van der Waals surface area contributed by atoms with Crippen LogP contribution in [-0.2, 0) is 19.0 Å². The average Bonchev–Trinajstić information content (AvgIpc) is 2.86. The smallest absolute Gasteiger partial charge is 0.311 e. The first kappa shape index (κ1) is 34.1. The number of hydrogen-bond donors (Lipinski definition) is 3. The van der Waals surface area contributed by atoms with Gasteiger partial charge >= 0.3 is 5.97 Å². The van der Waals surface area contributed by atoms with Gasteiger partial charge in [0.1, 0.15) is 17.8 Å². The molecule has 12 unspecified atom stereocenters. The summed E-state index contributed by atoms with van der Waals surface area (Å²) in [6, 6.07) is -0.0817. The van der Waals surface area contributed by atoms with Crippen LogP contribution in [-0.4, -0.2) is 113 Å². The van der Waals surface area contributed by atoms with Gasteiger partial charge in [-0.3, -0.25) is 4.79 Å². The first-order valence-corrected chi connectivity index (χ1v) is 14.7. The zero-order chi connectivity index (χ0) is 29.8. The van der Waals surface area contributed by atoms with Crippen molar-refractivity contribution in [2.24, 2.45) is 17.8 Å². The van der Waals surface area contributed by atoms with Gasteiger partial charge in [-0.05, 0) is 80.1 Å². The summed E-state index contributed by atoms with van der Waals surface area (Å²) < 4.78 is 18.5. The second kappa shape index (κ2) is 14.2. The third-order valence-electron chi connectivity index (χ3n) is 8.99. The van der Waals surface area contributed by atoms with Gasteiger partial charge in [0.05, 0.1) is 24.2 Å². The number of rotatable bonds is 4. The molecule has 0 saturated carbocycles. The molecule has 0 spiro atoms. The highest BCUT2D eigenvalue weighted by Crippen LogP contribution is 2.32. The number of carbonyl (C=O) groups excluding carboxylic acids is 1. The maximum Gasteiger partial charge on any atom is 0.311 e. The molecule has 2 aliphatic heterocycles. The fourth-order valence-corrected chi connectivity index (χ4v) is 6.16. The predicted molar refractivity (Wildman–Crippen MR) is 152 cm³/mol. The SMILES string of the molecule is CCC1OC(=O)C(C)C(O)C(C)C(OC2CC(N(C)C)CC(C)O2)C(C)=CC(C)CN(C)C(C)C(O)C1(C)O. The van der Waals surface area contributed by atoms with E-state index in [0.717, 1.165) is 12.0 Å². The maximum absolute atomic E-state index is 13.2. The van der Waals surface area contributed by atoms with Crippen molar-refractivity contribution >= 4 is 5.97 Å². The van der Waals surface area contributed by atoms with E-state index in [-0.39, 0.29) is 12.0 Å². The summed E-state index contributed by atoms with van der Waals surface area (Å²) in [5.74, 6) is -1.84. The number of esters is 1. The van der Waals surface area contributed by atoms with Crippen LogP contribution < -0.4 is 0 Å². The Hall–Kier alpha value is -1.07. The molecule has 0 aromatic carbocycles. The molecule has 9 heteroatoms. The lowest BCUT2D eigenvalue weighted by Crippen LogP contribution is -2.59. The van der Waals surface area contributed by atoms with E-state index in [4.69, 9.17) is 14.2 Å². The molecule has 0 bridgehead atoms. The van der Waals surface area contributed by atoms with E-state index in [2.05, 4.69) is 32.0 Å². The fourth-order valence-electron chi connectivity index (χ4n) is 6.16. The van der Waals surface area contributed by atoms with Crippen molar-refractivity contribution < 1.29 is 34.3 Å². The Morgan fingerprint density at radius 1 is 1.15 bits per heavy atom. The van der Waals surface area contributed by atoms with Crippen LogP contribution in [0.4, 0.5) is 0 Å². The van der Waals surface area contributed by atoms with E-state index in [0.29, 0.717) is 25.4 Å². The minimum absolute atomic E-state index is 0.0380. The Labute approximate surface area is 236 Å². The van der Waals surface area contributed by atoms with Crippen LogP contribution in [0.5, 0.6) is 0 Å². The van der Waals surface area contributed by atoms with E-state index in [9.17, 15) is 20.1 Å². The lowest BCUT2D eigenvalue weighted by molar-refractivity contribution is -0.228. The second-order valence-corrected chi connectivity index (χ2v) is 12.7. The van der Waals surface area contributed by atoms with Crippen molar-refractivity contribution in [3.8, 4) is 0 Å². The zero-order valence-electron chi connectivity index (χ0n) is 26.1. The summed E-state index contributed by atoms with van der Waals surface area (Å²) in [6.07, 6.45) is 0.0313. The second-order valence-electron chi connectivity index (χ2n) is 12.7. The van der Waals surface area contributed by atoms with Gasteiger partial charge in [0, 0.05) is 31.0 Å². The molecule has 2 heterocycles. The molecule has 2 rings (SSSR count). The van der Waals surface area contributed by atoms with Gasteiger partial charge in [0.25, 0.3) is 0 Å². The van der Waals surface area contributed by atoms with E-state index in [1.807, 2.05) is 39.6 Å². The molecule has 1 fully saturated rings. The number of likely N-dealkylation sites (N-methyl/N-ethyl adjacent to an activating group) is 1. The van der Waals surface area contributed by atoms with Crippen molar-refractivity contribution in [2.75, 3.05) is 27.7 Å². The molecule has 2 aliphatic rings. The molecule has 39 heavy (non-hydrogen) atoms. The molecular formula is C30H56N2O7. The monoisotopic (exact) mass is 556 g/mol. The van der Waals surface area contributed by atoms with Crippen LogP contribution in [0.15, 0.2) is 11.6 Å². The molecule has 228 valence electrons. The van der Waals surface area contributed by atoms with E-state index < -0.39 is 60.2 Å². The Kier molecular flexibility index (Phi) is 12.4. The first-order valence-electron chi connectivity index (χ1n) is 14.7. The van der Waals surface area contributed by atoms with Gasteiger partial charge in [0.2, 0.25) is 0 Å². The highest BCUT2D eigenvalue weighted by molar-refractivity contribution is 5.73. The van der Waals surface area contributed by atoms with Gasteiger partial charge < -0.3 is 39.3 Å². The molecule has 0 amide bonds. The Morgan fingerprint density at radius 2 is 1.77 bits per heavy atom. The van der Waals surface area contributed by atoms with Crippen LogP contribution in [0.25, 0.3) is 0 Å². The lowest BCUT2D eigenvalue weighted by atomic mass is 9.85. The predicted octanol–water partition coefficient (Wildman–Crippen LogP) is 2.81. The lowest BCUT2D eigenvalue weighted by Gasteiger charge is -2.41. The molecule has 3 N–H and O–H groups in total. The third kappa shape index (κ3) is 8.47. The van der Waals surface area contributed by atoms with Crippen LogP contribution in [0.3, 0.4) is 0 Å². The Bertz CT molecular complexity index is 819. The summed E-state index contributed by atoms with van der Waals surface area (Å²) in [7, 11) is 6.03. The largest absolute Gasteiger partial charge is 0.459 e. The topological polar surface area (TPSA) is 112 Å². The fraction of sp³-hybridized carbons (Fsp3) is 0.900. The number of nitrogens with zero attached hydrogens (tertiary/aromatic N) is 2. The summed E-state index contributed by atoms with van der Waals surface area (Å²) in [4.78, 5) is 17.4. The van der Waals surface area contributed by atoms with Crippen LogP contribution in [0, 0.1) is 17.8 Å². The number of ether oxygens (including phenoxy) is 3. The Morgan fingerprint density at radius 3 is 2.33 bits per heavy atom. The minimum Gasteiger partial charge on any atom is -0.459 e. The number of carbonyl (C=O) groups is 1. The molecule has 0 aromatic heterocycles. The quantitative estimate of drug-likeness (QED) is 0.355. The van der Waals surface area contributed by atoms with Crippen molar-refractivity contribution in [1.29, 1.82) is 0 Å². The standard InChI is InChI=1S/C30H56N2O7/c1-12-24-30(8,36)28(34)22(7)32(11)16-17(2)13-18(3)27(20(5)26(33)21(6)29(35)38-24)39-25-15-23(31(9)10)14-19(4)37-25/h13,17,19-28,33-34,36H,12,14-16H2,1-11H3. The molecule has 0 aromatic rings. The summed E-state index contributed by atoms with van der Waals surface area (Å²) in [5, 5.41) is 33.9. The van der Waals surface area contributed by atoms with Crippen molar-refractivity contribution in [1.82, 2.24) is 9.80 Å².